The Bertz CT molecular complexity index is 607. The molecule has 6 nitrogen and oxygen atoms in total. The molecule has 0 unspecified atom stereocenters. The highest BCUT2D eigenvalue weighted by atomic mass is 19.1. The molecule has 0 N–H and O–H groups in total. The molecule has 92 valence electrons. The molecule has 0 aliphatic heterocycles. The first-order valence-corrected chi connectivity index (χ1v) is 4.65. The molecule has 0 bridgehead atoms. The summed E-state index contributed by atoms with van der Waals surface area (Å²) >= 11 is 0. The van der Waals surface area contributed by atoms with E-state index in [1.54, 1.807) is 0 Å². The van der Waals surface area contributed by atoms with Gasteiger partial charge >= 0.3 is 5.69 Å². The summed E-state index contributed by atoms with van der Waals surface area (Å²) in [6.07, 6.45) is 0.885. The normalized spacial score (nSPS) is 10.1. The van der Waals surface area contributed by atoms with Crippen LogP contribution in [0.25, 0.3) is 0 Å². The summed E-state index contributed by atoms with van der Waals surface area (Å²) in [4.78, 5) is 16.7. The van der Waals surface area contributed by atoms with Crippen molar-refractivity contribution in [2.24, 2.45) is 0 Å². The summed E-state index contributed by atoms with van der Waals surface area (Å²) in [5.74, 6) is -2.20. The number of nitrogens with zero attached hydrogens (tertiary/aromatic N) is 3. The van der Waals surface area contributed by atoms with Crippen LogP contribution in [0.3, 0.4) is 0 Å². The second kappa shape index (κ2) is 4.70. The third-order valence-corrected chi connectivity index (χ3v) is 1.94. The van der Waals surface area contributed by atoms with E-state index in [0.717, 1.165) is 30.6 Å². The lowest BCUT2D eigenvalue weighted by molar-refractivity contribution is -0.385. The number of halogens is 2. The Kier molecular flexibility index (Phi) is 3.09. The van der Waals surface area contributed by atoms with Gasteiger partial charge in [-0.2, -0.15) is 4.39 Å². The molecule has 0 saturated heterocycles. The number of hydrogen-bond donors (Lipinski definition) is 0. The molecule has 0 aliphatic carbocycles. The third-order valence-electron chi connectivity index (χ3n) is 1.94. The SMILES string of the molecule is O=[N+]([O-])c1ccc(F)cc1Oc1cc(F)ncn1. The molecule has 1 heterocycles. The van der Waals surface area contributed by atoms with Crippen LogP contribution in [0.2, 0.25) is 0 Å². The predicted molar refractivity (Wildman–Crippen MR) is 55.1 cm³/mol. The van der Waals surface area contributed by atoms with E-state index in [9.17, 15) is 18.9 Å². The molecule has 0 aliphatic rings. The highest BCUT2D eigenvalue weighted by Crippen LogP contribution is 2.30. The van der Waals surface area contributed by atoms with Gasteiger partial charge in [-0.15, -0.1) is 0 Å². The Labute approximate surface area is 99.0 Å². The van der Waals surface area contributed by atoms with Crippen LogP contribution in [0.15, 0.2) is 30.6 Å². The molecule has 0 saturated carbocycles. The Balaban J connectivity index is 2.39. The van der Waals surface area contributed by atoms with Gasteiger partial charge in [-0.25, -0.2) is 14.4 Å². The van der Waals surface area contributed by atoms with Crippen molar-refractivity contribution < 1.29 is 18.4 Å². The molecular formula is C10H5F2N3O3. The molecule has 0 radical (unpaired) electrons. The smallest absolute Gasteiger partial charge is 0.311 e. The van der Waals surface area contributed by atoms with Gasteiger partial charge in [-0.1, -0.05) is 0 Å². The average molecular weight is 253 g/mol. The lowest BCUT2D eigenvalue weighted by Crippen LogP contribution is -1.96. The first-order valence-electron chi connectivity index (χ1n) is 4.65. The minimum atomic E-state index is -0.862. The van der Waals surface area contributed by atoms with Gasteiger partial charge in [0.05, 0.1) is 11.0 Å². The summed E-state index contributed by atoms with van der Waals surface area (Å²) < 4.78 is 30.7. The molecule has 2 rings (SSSR count). The zero-order valence-electron chi connectivity index (χ0n) is 8.71. The van der Waals surface area contributed by atoms with E-state index < -0.39 is 22.4 Å². The minimum Gasteiger partial charge on any atom is -0.431 e. The molecule has 1 aromatic heterocycles. The van der Waals surface area contributed by atoms with Gasteiger partial charge in [0.1, 0.15) is 12.1 Å². The number of nitro groups is 1. The first kappa shape index (κ1) is 11.8. The fraction of sp³-hybridized carbons (Fsp3) is 0. The summed E-state index contributed by atoms with van der Waals surface area (Å²) in [5, 5.41) is 10.7. The number of hydrogen-bond acceptors (Lipinski definition) is 5. The summed E-state index contributed by atoms with van der Waals surface area (Å²) in [7, 11) is 0. The lowest BCUT2D eigenvalue weighted by Gasteiger charge is -2.04. The van der Waals surface area contributed by atoms with Crippen LogP contribution in [-0.2, 0) is 0 Å². The molecular weight excluding hydrogens is 248 g/mol. The number of benzene rings is 1. The van der Waals surface area contributed by atoms with Crippen LogP contribution in [0.4, 0.5) is 14.5 Å². The van der Waals surface area contributed by atoms with Crippen molar-refractivity contribution in [2.75, 3.05) is 0 Å². The highest BCUT2D eigenvalue weighted by molar-refractivity contribution is 5.47. The van der Waals surface area contributed by atoms with E-state index in [0.29, 0.717) is 0 Å². The number of rotatable bonds is 3. The van der Waals surface area contributed by atoms with Crippen LogP contribution in [0.5, 0.6) is 11.6 Å². The largest absolute Gasteiger partial charge is 0.431 e. The maximum Gasteiger partial charge on any atom is 0.311 e. The van der Waals surface area contributed by atoms with Crippen LogP contribution in [0.1, 0.15) is 0 Å². The molecule has 0 spiro atoms. The van der Waals surface area contributed by atoms with Gasteiger partial charge in [-0.3, -0.25) is 10.1 Å². The Morgan fingerprint density at radius 3 is 2.67 bits per heavy atom. The van der Waals surface area contributed by atoms with Gasteiger partial charge < -0.3 is 4.74 Å². The number of nitro benzene ring substituents is 1. The van der Waals surface area contributed by atoms with E-state index in [1.165, 1.54) is 0 Å². The van der Waals surface area contributed by atoms with Gasteiger partial charge in [0.2, 0.25) is 17.6 Å². The van der Waals surface area contributed by atoms with E-state index >= 15 is 0 Å². The van der Waals surface area contributed by atoms with Crippen molar-refractivity contribution in [1.29, 1.82) is 0 Å². The minimum absolute atomic E-state index is 0.254. The molecule has 0 amide bonds. The van der Waals surface area contributed by atoms with Crippen molar-refractivity contribution in [3.63, 3.8) is 0 Å². The lowest BCUT2D eigenvalue weighted by atomic mass is 10.3. The van der Waals surface area contributed by atoms with E-state index in [-0.39, 0.29) is 11.6 Å². The zero-order valence-corrected chi connectivity index (χ0v) is 8.71. The van der Waals surface area contributed by atoms with Gasteiger partial charge in [0, 0.05) is 12.1 Å². The highest BCUT2D eigenvalue weighted by Gasteiger charge is 2.17. The first-order chi connectivity index (χ1) is 8.56. The topological polar surface area (TPSA) is 78.2 Å². The number of ether oxygens (including phenoxy) is 1. The van der Waals surface area contributed by atoms with Crippen molar-refractivity contribution in [1.82, 2.24) is 9.97 Å². The Morgan fingerprint density at radius 2 is 2.00 bits per heavy atom. The zero-order chi connectivity index (χ0) is 13.1. The second-order valence-electron chi connectivity index (χ2n) is 3.15. The maximum absolute atomic E-state index is 13.0. The second-order valence-corrected chi connectivity index (χ2v) is 3.15. The predicted octanol–water partition coefficient (Wildman–Crippen LogP) is 2.46. The molecule has 18 heavy (non-hydrogen) atoms. The van der Waals surface area contributed by atoms with Crippen LogP contribution in [0, 0.1) is 21.9 Å². The molecule has 2 aromatic rings. The van der Waals surface area contributed by atoms with Gasteiger partial charge in [-0.05, 0) is 6.07 Å². The van der Waals surface area contributed by atoms with E-state index in [2.05, 4.69) is 9.97 Å². The van der Waals surface area contributed by atoms with Crippen LogP contribution < -0.4 is 4.74 Å². The fourth-order valence-electron chi connectivity index (χ4n) is 1.21. The fourth-order valence-corrected chi connectivity index (χ4v) is 1.21. The average Bonchev–Trinajstić information content (AvgIpc) is 2.28. The summed E-state index contributed by atoms with van der Waals surface area (Å²) in [5.41, 5.74) is -0.449. The van der Waals surface area contributed by atoms with Crippen LogP contribution >= 0.6 is 0 Å². The maximum atomic E-state index is 13.0. The van der Waals surface area contributed by atoms with Crippen LogP contribution in [-0.4, -0.2) is 14.9 Å². The standard InChI is InChI=1S/C10H5F2N3O3/c11-6-1-2-7(15(16)17)8(3-6)18-10-4-9(12)13-5-14-10/h1-5H. The monoisotopic (exact) mass is 253 g/mol. The van der Waals surface area contributed by atoms with Crippen molar-refractivity contribution >= 4 is 5.69 Å². The number of aromatic nitrogens is 2. The van der Waals surface area contributed by atoms with Crippen molar-refractivity contribution in [2.45, 2.75) is 0 Å². The Hall–Kier alpha value is -2.64. The van der Waals surface area contributed by atoms with Gasteiger partial charge in [0.25, 0.3) is 0 Å². The summed E-state index contributed by atoms with van der Waals surface area (Å²) in [6, 6.07) is 3.51. The molecule has 0 fully saturated rings. The van der Waals surface area contributed by atoms with E-state index in [4.69, 9.17) is 4.74 Å². The van der Waals surface area contributed by atoms with E-state index in [1.807, 2.05) is 0 Å². The molecule has 8 heteroatoms. The Morgan fingerprint density at radius 1 is 1.22 bits per heavy atom. The van der Waals surface area contributed by atoms with Crippen molar-refractivity contribution in [3.8, 4) is 11.6 Å². The van der Waals surface area contributed by atoms with Gasteiger partial charge in [0.15, 0.2) is 0 Å². The quantitative estimate of drug-likeness (QED) is 0.477. The third kappa shape index (κ3) is 2.54. The summed E-state index contributed by atoms with van der Waals surface area (Å²) in [6.45, 7) is 0. The van der Waals surface area contributed by atoms with Crippen molar-refractivity contribution in [3.05, 3.63) is 52.5 Å². The molecule has 0 atom stereocenters. The molecule has 1 aromatic carbocycles.